The third kappa shape index (κ3) is 5.25. The van der Waals surface area contributed by atoms with Gasteiger partial charge in [-0.2, -0.15) is 0 Å². The Bertz CT molecular complexity index is 817. The number of H-pyrrole nitrogens is 1. The number of aromatic amines is 1. The van der Waals surface area contributed by atoms with E-state index >= 15 is 0 Å². The average molecular weight is 404 g/mol. The summed E-state index contributed by atoms with van der Waals surface area (Å²) in [7, 11) is 1.58. The first kappa shape index (κ1) is 20.2. The Morgan fingerprint density at radius 1 is 1.36 bits per heavy atom. The molecule has 1 fully saturated rings. The van der Waals surface area contributed by atoms with Crippen molar-refractivity contribution in [3.63, 3.8) is 0 Å². The Morgan fingerprint density at radius 2 is 2.14 bits per heavy atom. The molecule has 0 atom stereocenters. The molecule has 0 saturated carbocycles. The highest BCUT2D eigenvalue weighted by atomic mass is 32.2. The summed E-state index contributed by atoms with van der Waals surface area (Å²) in [4.78, 5) is 31.0. The fourth-order valence-corrected chi connectivity index (χ4v) is 3.83. The number of hydrogen-bond donors (Lipinski definition) is 2. The highest BCUT2D eigenvalue weighted by Gasteiger charge is 2.27. The first-order valence-electron chi connectivity index (χ1n) is 9.29. The van der Waals surface area contributed by atoms with Gasteiger partial charge in [0.25, 0.3) is 5.91 Å². The number of thioether (sulfide) groups is 1. The zero-order valence-corrected chi connectivity index (χ0v) is 16.9. The predicted molar refractivity (Wildman–Crippen MR) is 106 cm³/mol. The summed E-state index contributed by atoms with van der Waals surface area (Å²) < 4.78 is 5.18. The molecule has 1 aliphatic heterocycles. The first-order valence-corrected chi connectivity index (χ1v) is 10.3. The number of aromatic nitrogens is 3. The molecule has 1 aromatic carbocycles. The van der Waals surface area contributed by atoms with Crippen LogP contribution < -0.4 is 10.1 Å². The number of rotatable bonds is 7. The van der Waals surface area contributed by atoms with Crippen molar-refractivity contribution < 1.29 is 14.3 Å². The van der Waals surface area contributed by atoms with E-state index < -0.39 is 0 Å². The topological polar surface area (TPSA) is 100 Å². The largest absolute Gasteiger partial charge is 0.497 e. The van der Waals surface area contributed by atoms with Crippen LogP contribution >= 0.6 is 11.8 Å². The van der Waals surface area contributed by atoms with Crippen molar-refractivity contribution in [3.8, 4) is 5.75 Å². The molecule has 28 heavy (non-hydrogen) atoms. The lowest BCUT2D eigenvalue weighted by Gasteiger charge is -2.31. The van der Waals surface area contributed by atoms with Crippen LogP contribution in [0, 0.1) is 12.8 Å². The summed E-state index contributed by atoms with van der Waals surface area (Å²) in [5.41, 5.74) is 0.612. The van der Waals surface area contributed by atoms with Crippen LogP contribution in [0.3, 0.4) is 0 Å². The number of carbonyl (C=O) groups excluding carboxylic acids is 2. The fraction of sp³-hybridized carbons (Fsp3) is 0.474. The highest BCUT2D eigenvalue weighted by molar-refractivity contribution is 7.99. The monoisotopic (exact) mass is 403 g/mol. The van der Waals surface area contributed by atoms with Crippen LogP contribution in [0.1, 0.15) is 29.0 Å². The van der Waals surface area contributed by atoms with Gasteiger partial charge in [0.1, 0.15) is 11.6 Å². The van der Waals surface area contributed by atoms with E-state index in [0.29, 0.717) is 48.9 Å². The molecule has 2 N–H and O–H groups in total. The lowest BCUT2D eigenvalue weighted by Crippen LogP contribution is -2.43. The maximum Gasteiger partial charge on any atom is 0.253 e. The average Bonchev–Trinajstić information content (AvgIpc) is 3.15. The van der Waals surface area contributed by atoms with Crippen molar-refractivity contribution in [1.29, 1.82) is 0 Å². The minimum atomic E-state index is -0.0508. The third-order valence-corrected chi connectivity index (χ3v) is 5.53. The molecule has 0 radical (unpaired) electrons. The van der Waals surface area contributed by atoms with E-state index in [0.717, 1.165) is 11.6 Å². The quantitative estimate of drug-likeness (QED) is 0.541. The van der Waals surface area contributed by atoms with Gasteiger partial charge < -0.3 is 15.0 Å². The van der Waals surface area contributed by atoms with Gasteiger partial charge in [0, 0.05) is 36.9 Å². The van der Waals surface area contributed by atoms with Crippen molar-refractivity contribution in [2.75, 3.05) is 32.5 Å². The SMILES string of the molecule is COc1cccc(C(=O)N2CCC(C(=O)NCCSc3n[nH]c(C)n3)CC2)c1. The summed E-state index contributed by atoms with van der Waals surface area (Å²) in [6.07, 6.45) is 1.35. The Morgan fingerprint density at radius 3 is 2.82 bits per heavy atom. The van der Waals surface area contributed by atoms with E-state index in [9.17, 15) is 9.59 Å². The molecule has 2 amide bonds. The van der Waals surface area contributed by atoms with E-state index in [1.165, 1.54) is 11.8 Å². The zero-order valence-electron chi connectivity index (χ0n) is 16.1. The summed E-state index contributed by atoms with van der Waals surface area (Å²) in [6.45, 7) is 3.59. The summed E-state index contributed by atoms with van der Waals surface area (Å²) in [6, 6.07) is 7.16. The van der Waals surface area contributed by atoms with E-state index in [2.05, 4.69) is 20.5 Å². The van der Waals surface area contributed by atoms with E-state index in [4.69, 9.17) is 4.74 Å². The fourth-order valence-electron chi connectivity index (χ4n) is 3.13. The molecule has 0 bridgehead atoms. The van der Waals surface area contributed by atoms with Gasteiger partial charge in [-0.15, -0.1) is 5.10 Å². The molecule has 0 unspecified atom stereocenters. The van der Waals surface area contributed by atoms with E-state index in [1.807, 2.05) is 19.1 Å². The second-order valence-electron chi connectivity index (χ2n) is 6.64. The number of amides is 2. The van der Waals surface area contributed by atoms with E-state index in [-0.39, 0.29) is 17.7 Å². The van der Waals surface area contributed by atoms with Gasteiger partial charge in [0.15, 0.2) is 0 Å². The number of methoxy groups -OCH3 is 1. The van der Waals surface area contributed by atoms with Gasteiger partial charge in [-0.3, -0.25) is 14.7 Å². The summed E-state index contributed by atoms with van der Waals surface area (Å²) in [5.74, 6) is 2.15. The molecule has 0 aliphatic carbocycles. The van der Waals surface area contributed by atoms with Gasteiger partial charge in [0.05, 0.1) is 7.11 Å². The highest BCUT2D eigenvalue weighted by Crippen LogP contribution is 2.21. The molecular formula is C19H25N5O3S. The van der Waals surface area contributed by atoms with Gasteiger partial charge in [-0.25, -0.2) is 4.98 Å². The number of aryl methyl sites for hydroxylation is 1. The van der Waals surface area contributed by atoms with Crippen LogP contribution in [0.15, 0.2) is 29.4 Å². The maximum absolute atomic E-state index is 12.6. The summed E-state index contributed by atoms with van der Waals surface area (Å²) in [5, 5.41) is 10.5. The molecule has 2 aromatic rings. The van der Waals surface area contributed by atoms with Gasteiger partial charge in [-0.05, 0) is 38.0 Å². The van der Waals surface area contributed by atoms with Crippen molar-refractivity contribution >= 4 is 23.6 Å². The molecule has 150 valence electrons. The van der Waals surface area contributed by atoms with Crippen LogP contribution in [-0.2, 0) is 4.79 Å². The smallest absolute Gasteiger partial charge is 0.253 e. The van der Waals surface area contributed by atoms with Crippen LogP contribution in [0.25, 0.3) is 0 Å². The molecule has 0 spiro atoms. The Labute approximate surface area is 168 Å². The van der Waals surface area contributed by atoms with Crippen LogP contribution in [0.2, 0.25) is 0 Å². The second-order valence-corrected chi connectivity index (χ2v) is 7.70. The maximum atomic E-state index is 12.6. The van der Waals surface area contributed by atoms with Crippen molar-refractivity contribution in [1.82, 2.24) is 25.4 Å². The summed E-state index contributed by atoms with van der Waals surface area (Å²) >= 11 is 1.50. The standard InChI is InChI=1S/C19H25N5O3S/c1-13-21-19(23-22-13)28-11-8-20-17(25)14-6-9-24(10-7-14)18(26)15-4-3-5-16(12-15)27-2/h3-5,12,14H,6-11H2,1-2H3,(H,20,25)(H,21,22,23). The van der Waals surface area contributed by atoms with E-state index in [1.54, 1.807) is 24.1 Å². The first-order chi connectivity index (χ1) is 13.6. The Balaban J connectivity index is 1.40. The zero-order chi connectivity index (χ0) is 19.9. The lowest BCUT2D eigenvalue weighted by molar-refractivity contribution is -0.126. The molecule has 1 aromatic heterocycles. The minimum Gasteiger partial charge on any atom is -0.497 e. The Kier molecular flexibility index (Phi) is 6.91. The molecule has 2 heterocycles. The van der Waals surface area contributed by atoms with Gasteiger partial charge in [-0.1, -0.05) is 17.8 Å². The molecule has 9 heteroatoms. The Hall–Kier alpha value is -2.55. The molecule has 1 saturated heterocycles. The number of hydrogen-bond acceptors (Lipinski definition) is 6. The number of ether oxygens (including phenoxy) is 1. The normalized spacial score (nSPS) is 14.7. The molecule has 1 aliphatic rings. The molecular weight excluding hydrogens is 378 g/mol. The molecule has 8 nitrogen and oxygen atoms in total. The van der Waals surface area contributed by atoms with Gasteiger partial charge in [0.2, 0.25) is 11.1 Å². The van der Waals surface area contributed by atoms with Gasteiger partial charge >= 0.3 is 0 Å². The third-order valence-electron chi connectivity index (χ3n) is 4.68. The van der Waals surface area contributed by atoms with Crippen LogP contribution in [0.4, 0.5) is 0 Å². The number of nitrogens with one attached hydrogen (secondary N) is 2. The second kappa shape index (κ2) is 9.59. The van der Waals surface area contributed by atoms with Crippen LogP contribution in [-0.4, -0.2) is 64.4 Å². The van der Waals surface area contributed by atoms with Crippen molar-refractivity contribution in [2.24, 2.45) is 5.92 Å². The van der Waals surface area contributed by atoms with Crippen LogP contribution in [0.5, 0.6) is 5.75 Å². The minimum absolute atomic E-state index is 0.0176. The van der Waals surface area contributed by atoms with Crippen molar-refractivity contribution in [3.05, 3.63) is 35.7 Å². The number of likely N-dealkylation sites (tertiary alicyclic amines) is 1. The lowest BCUT2D eigenvalue weighted by atomic mass is 9.95. The number of nitrogens with zero attached hydrogens (tertiary/aromatic N) is 3. The number of piperidine rings is 1. The molecule has 3 rings (SSSR count). The number of benzene rings is 1. The van der Waals surface area contributed by atoms with Crippen molar-refractivity contribution in [2.45, 2.75) is 24.9 Å². The number of carbonyl (C=O) groups is 2. The predicted octanol–water partition coefficient (Wildman–Crippen LogP) is 1.88.